The lowest BCUT2D eigenvalue weighted by atomic mass is 10.3. The van der Waals surface area contributed by atoms with Crippen LogP contribution in [0.1, 0.15) is 0 Å². The van der Waals surface area contributed by atoms with Crippen LogP contribution in [-0.2, 0) is 14.3 Å². The van der Waals surface area contributed by atoms with Crippen LogP contribution in [0.2, 0.25) is 0 Å². The highest BCUT2D eigenvalue weighted by Crippen LogP contribution is 2.16. The molecule has 1 radical (unpaired) electrons. The lowest BCUT2D eigenvalue weighted by molar-refractivity contribution is 0.355. The minimum absolute atomic E-state index is 0.0990. The van der Waals surface area contributed by atoms with E-state index in [1.165, 1.54) is 19.2 Å². The van der Waals surface area contributed by atoms with Gasteiger partial charge in [-0.15, -0.1) is 0 Å². The number of ether oxygens (including phenoxy) is 1. The van der Waals surface area contributed by atoms with E-state index in [1.54, 1.807) is 12.1 Å². The minimum Gasteiger partial charge on any atom is -0.497 e. The van der Waals surface area contributed by atoms with Crippen molar-refractivity contribution in [3.8, 4) is 5.75 Å². The zero-order valence-electron chi connectivity index (χ0n) is 7.76. The molecule has 0 saturated carbocycles. The molecule has 0 heterocycles. The first-order chi connectivity index (χ1) is 6.60. The summed E-state index contributed by atoms with van der Waals surface area (Å²) in [5.74, 6) is 0.596. The molecular formula is C9H11O4S. The summed E-state index contributed by atoms with van der Waals surface area (Å²) >= 11 is 0. The molecule has 77 valence electrons. The Labute approximate surface area is 83.6 Å². The summed E-state index contributed by atoms with van der Waals surface area (Å²) in [6, 6.07) is 5.95. The van der Waals surface area contributed by atoms with Gasteiger partial charge in [0.2, 0.25) is 0 Å². The second-order valence-electron chi connectivity index (χ2n) is 2.45. The molecule has 14 heavy (non-hydrogen) atoms. The van der Waals surface area contributed by atoms with Crippen molar-refractivity contribution in [1.82, 2.24) is 0 Å². The molecule has 1 aromatic carbocycles. The van der Waals surface area contributed by atoms with E-state index in [9.17, 15) is 8.42 Å². The van der Waals surface area contributed by atoms with Gasteiger partial charge < -0.3 is 4.74 Å². The Morgan fingerprint density at radius 1 is 1.29 bits per heavy atom. The van der Waals surface area contributed by atoms with Crippen LogP contribution in [0.4, 0.5) is 0 Å². The number of rotatable bonds is 4. The molecule has 0 bridgehead atoms. The fourth-order valence-electron chi connectivity index (χ4n) is 0.920. The Balaban J connectivity index is 2.97. The van der Waals surface area contributed by atoms with E-state index in [4.69, 9.17) is 4.74 Å². The van der Waals surface area contributed by atoms with Gasteiger partial charge in [-0.2, -0.15) is 8.42 Å². The Morgan fingerprint density at radius 2 is 1.86 bits per heavy atom. The van der Waals surface area contributed by atoms with Crippen molar-refractivity contribution in [1.29, 1.82) is 0 Å². The molecule has 0 amide bonds. The maximum Gasteiger partial charge on any atom is 0.296 e. The van der Waals surface area contributed by atoms with Gasteiger partial charge in [0.1, 0.15) is 5.75 Å². The quantitative estimate of drug-likeness (QED) is 0.709. The van der Waals surface area contributed by atoms with Crippen molar-refractivity contribution in [3.05, 3.63) is 31.2 Å². The molecule has 0 aliphatic carbocycles. The molecule has 0 aromatic heterocycles. The maximum absolute atomic E-state index is 11.3. The van der Waals surface area contributed by atoms with Crippen molar-refractivity contribution < 1.29 is 17.3 Å². The third-order valence-electron chi connectivity index (χ3n) is 1.59. The van der Waals surface area contributed by atoms with E-state index in [2.05, 4.69) is 11.1 Å². The molecular weight excluding hydrogens is 204 g/mol. The van der Waals surface area contributed by atoms with Gasteiger partial charge in [0.25, 0.3) is 10.1 Å². The average Bonchev–Trinajstić information content (AvgIpc) is 2.18. The van der Waals surface area contributed by atoms with Gasteiger partial charge >= 0.3 is 0 Å². The first kappa shape index (κ1) is 11.0. The smallest absolute Gasteiger partial charge is 0.296 e. The summed E-state index contributed by atoms with van der Waals surface area (Å²) in [6.07, 6.45) is 0. The van der Waals surface area contributed by atoms with Crippen LogP contribution in [0.3, 0.4) is 0 Å². The van der Waals surface area contributed by atoms with Crippen molar-refractivity contribution in [2.24, 2.45) is 0 Å². The van der Waals surface area contributed by atoms with E-state index in [-0.39, 0.29) is 11.5 Å². The lowest BCUT2D eigenvalue weighted by Gasteiger charge is -2.04. The van der Waals surface area contributed by atoms with Crippen LogP contribution in [-0.4, -0.2) is 22.1 Å². The molecule has 0 aliphatic heterocycles. The van der Waals surface area contributed by atoms with Crippen LogP contribution in [0.25, 0.3) is 0 Å². The molecule has 1 aromatic rings. The predicted molar refractivity (Wildman–Crippen MR) is 51.5 cm³/mol. The highest BCUT2D eigenvalue weighted by atomic mass is 32.2. The second-order valence-corrected chi connectivity index (χ2v) is 4.07. The lowest BCUT2D eigenvalue weighted by Crippen LogP contribution is -2.05. The summed E-state index contributed by atoms with van der Waals surface area (Å²) in [6.45, 7) is 3.19. The monoisotopic (exact) mass is 215 g/mol. The topological polar surface area (TPSA) is 52.6 Å². The summed E-state index contributed by atoms with van der Waals surface area (Å²) in [5, 5.41) is 0. The normalized spacial score (nSPS) is 11.3. The molecule has 1 rings (SSSR count). The van der Waals surface area contributed by atoms with Crippen molar-refractivity contribution >= 4 is 10.1 Å². The minimum atomic E-state index is -3.65. The van der Waals surface area contributed by atoms with Gasteiger partial charge in [0.15, 0.2) is 0 Å². The van der Waals surface area contributed by atoms with Crippen LogP contribution >= 0.6 is 0 Å². The third-order valence-corrected chi connectivity index (χ3v) is 2.91. The standard InChI is InChI=1S/C9H11O4S/c1-3-13-14(10,11)9-6-4-8(12-2)5-7-9/h4-7H,1,3H2,2H3. The molecule has 0 unspecified atom stereocenters. The number of benzene rings is 1. The zero-order valence-corrected chi connectivity index (χ0v) is 8.58. The van der Waals surface area contributed by atoms with Gasteiger partial charge in [-0.1, -0.05) is 0 Å². The van der Waals surface area contributed by atoms with E-state index in [0.29, 0.717) is 5.75 Å². The molecule has 0 fully saturated rings. The second kappa shape index (κ2) is 4.43. The third kappa shape index (κ3) is 2.46. The molecule has 0 atom stereocenters. The SMILES string of the molecule is [CH2]COS(=O)(=O)c1ccc(OC)cc1. The van der Waals surface area contributed by atoms with Gasteiger partial charge in [0, 0.05) is 0 Å². The summed E-state index contributed by atoms with van der Waals surface area (Å²) in [7, 11) is -2.14. The highest BCUT2D eigenvalue weighted by Gasteiger charge is 2.13. The molecule has 0 N–H and O–H groups in total. The van der Waals surface area contributed by atoms with Crippen molar-refractivity contribution in [2.45, 2.75) is 4.90 Å². The Hall–Kier alpha value is -1.07. The van der Waals surface area contributed by atoms with Crippen LogP contribution < -0.4 is 4.74 Å². The molecule has 4 nitrogen and oxygen atoms in total. The van der Waals surface area contributed by atoms with Crippen LogP contribution in [0, 0.1) is 6.92 Å². The number of hydrogen-bond acceptors (Lipinski definition) is 4. The fraction of sp³-hybridized carbons (Fsp3) is 0.222. The van der Waals surface area contributed by atoms with Gasteiger partial charge in [-0.05, 0) is 31.2 Å². The summed E-state index contributed by atoms with van der Waals surface area (Å²) in [4.78, 5) is 0.0990. The van der Waals surface area contributed by atoms with E-state index < -0.39 is 10.1 Å². The summed E-state index contributed by atoms with van der Waals surface area (Å²) < 4.78 is 32.1. The number of methoxy groups -OCH3 is 1. The van der Waals surface area contributed by atoms with E-state index in [0.717, 1.165) is 0 Å². The first-order valence-corrected chi connectivity index (χ1v) is 5.33. The summed E-state index contributed by atoms with van der Waals surface area (Å²) in [5.41, 5.74) is 0. The zero-order chi connectivity index (χ0) is 10.6. The Kier molecular flexibility index (Phi) is 3.49. The van der Waals surface area contributed by atoms with Crippen molar-refractivity contribution in [2.75, 3.05) is 13.7 Å². The fourth-order valence-corrected chi connectivity index (χ4v) is 1.75. The van der Waals surface area contributed by atoms with Crippen LogP contribution in [0.5, 0.6) is 5.75 Å². The Morgan fingerprint density at radius 3 is 2.29 bits per heavy atom. The highest BCUT2D eigenvalue weighted by molar-refractivity contribution is 7.86. The predicted octanol–water partition coefficient (Wildman–Crippen LogP) is 1.23. The van der Waals surface area contributed by atoms with E-state index in [1.807, 2.05) is 0 Å². The first-order valence-electron chi connectivity index (χ1n) is 3.93. The molecule has 0 saturated heterocycles. The van der Waals surface area contributed by atoms with Crippen LogP contribution in [0.15, 0.2) is 29.2 Å². The largest absolute Gasteiger partial charge is 0.497 e. The van der Waals surface area contributed by atoms with Gasteiger partial charge in [0.05, 0.1) is 18.6 Å². The maximum atomic E-state index is 11.3. The van der Waals surface area contributed by atoms with Gasteiger partial charge in [-0.25, -0.2) is 0 Å². The molecule has 5 heteroatoms. The molecule has 0 spiro atoms. The molecule has 0 aliphatic rings. The van der Waals surface area contributed by atoms with Gasteiger partial charge in [-0.3, -0.25) is 4.18 Å². The van der Waals surface area contributed by atoms with E-state index >= 15 is 0 Å². The number of hydrogen-bond donors (Lipinski definition) is 0. The average molecular weight is 215 g/mol. The van der Waals surface area contributed by atoms with Crippen molar-refractivity contribution in [3.63, 3.8) is 0 Å². The Bertz CT molecular complexity index is 380.